The maximum absolute atomic E-state index is 12.5. The SMILES string of the molecule is CC1(C)Oc2cnc(Cl)nc2N(c2ccco2)C1=O. The van der Waals surface area contributed by atoms with Crippen molar-refractivity contribution >= 4 is 29.2 Å². The number of anilines is 2. The van der Waals surface area contributed by atoms with Gasteiger partial charge in [0.15, 0.2) is 17.2 Å². The van der Waals surface area contributed by atoms with Crippen LogP contribution in [0.5, 0.6) is 5.75 Å². The van der Waals surface area contributed by atoms with Gasteiger partial charge in [-0.15, -0.1) is 0 Å². The van der Waals surface area contributed by atoms with Crippen molar-refractivity contribution in [2.75, 3.05) is 4.90 Å². The molecule has 1 amide bonds. The van der Waals surface area contributed by atoms with Crippen molar-refractivity contribution in [3.8, 4) is 5.75 Å². The summed E-state index contributed by atoms with van der Waals surface area (Å²) in [5, 5.41) is 0.0337. The number of amides is 1. The Morgan fingerprint density at radius 3 is 2.89 bits per heavy atom. The van der Waals surface area contributed by atoms with E-state index in [0.29, 0.717) is 11.6 Å². The summed E-state index contributed by atoms with van der Waals surface area (Å²) in [6.07, 6.45) is 2.92. The molecule has 3 rings (SSSR count). The largest absolute Gasteiger partial charge is 0.472 e. The maximum atomic E-state index is 12.5. The van der Waals surface area contributed by atoms with Crippen LogP contribution in [-0.2, 0) is 4.79 Å². The normalized spacial score (nSPS) is 17.0. The summed E-state index contributed by atoms with van der Waals surface area (Å²) in [7, 11) is 0. The Bertz CT molecular complexity index is 640. The van der Waals surface area contributed by atoms with Crippen LogP contribution >= 0.6 is 11.6 Å². The van der Waals surface area contributed by atoms with Gasteiger partial charge in [-0.1, -0.05) is 0 Å². The Kier molecular flexibility index (Phi) is 2.50. The molecule has 19 heavy (non-hydrogen) atoms. The summed E-state index contributed by atoms with van der Waals surface area (Å²) in [5.41, 5.74) is -1.03. The van der Waals surface area contributed by atoms with Crippen LogP contribution in [0, 0.1) is 0 Å². The first kappa shape index (κ1) is 12.0. The number of rotatable bonds is 1. The zero-order valence-electron chi connectivity index (χ0n) is 10.3. The molecule has 0 unspecified atom stereocenters. The van der Waals surface area contributed by atoms with Crippen LogP contribution in [0.2, 0.25) is 5.28 Å². The first-order chi connectivity index (χ1) is 8.99. The summed E-state index contributed by atoms with van der Waals surface area (Å²) in [5.74, 6) is 0.729. The second kappa shape index (κ2) is 3.96. The first-order valence-corrected chi connectivity index (χ1v) is 5.96. The van der Waals surface area contributed by atoms with Gasteiger partial charge in [-0.25, -0.2) is 9.88 Å². The van der Waals surface area contributed by atoms with E-state index >= 15 is 0 Å². The number of halogens is 1. The molecule has 98 valence electrons. The summed E-state index contributed by atoms with van der Waals surface area (Å²) in [6, 6.07) is 3.35. The highest BCUT2D eigenvalue weighted by Gasteiger charge is 2.43. The molecule has 0 N–H and O–H groups in total. The molecular weight excluding hydrogens is 270 g/mol. The van der Waals surface area contributed by atoms with Crippen LogP contribution < -0.4 is 9.64 Å². The molecule has 0 atom stereocenters. The van der Waals surface area contributed by atoms with E-state index in [2.05, 4.69) is 9.97 Å². The van der Waals surface area contributed by atoms with Crippen LogP contribution in [0.1, 0.15) is 13.8 Å². The lowest BCUT2D eigenvalue weighted by Gasteiger charge is -2.36. The van der Waals surface area contributed by atoms with Crippen molar-refractivity contribution in [2.24, 2.45) is 0 Å². The molecule has 1 aliphatic heterocycles. The number of hydrogen-bond donors (Lipinski definition) is 0. The van der Waals surface area contributed by atoms with Gasteiger partial charge < -0.3 is 9.15 Å². The molecule has 0 aromatic carbocycles. The van der Waals surface area contributed by atoms with E-state index in [1.807, 2.05) is 0 Å². The van der Waals surface area contributed by atoms with E-state index in [4.69, 9.17) is 20.8 Å². The molecule has 0 saturated heterocycles. The average molecular weight is 280 g/mol. The number of ether oxygens (including phenoxy) is 1. The predicted octanol–water partition coefficient (Wildman–Crippen LogP) is 2.56. The van der Waals surface area contributed by atoms with E-state index in [-0.39, 0.29) is 17.0 Å². The van der Waals surface area contributed by atoms with E-state index in [9.17, 15) is 4.79 Å². The monoisotopic (exact) mass is 279 g/mol. The van der Waals surface area contributed by atoms with Crippen molar-refractivity contribution in [2.45, 2.75) is 19.4 Å². The molecule has 0 aliphatic carbocycles. The van der Waals surface area contributed by atoms with Gasteiger partial charge >= 0.3 is 0 Å². The molecular formula is C12H10ClN3O3. The summed E-state index contributed by atoms with van der Waals surface area (Å²) >= 11 is 5.78. The number of fused-ring (bicyclic) bond motifs is 1. The van der Waals surface area contributed by atoms with E-state index in [1.54, 1.807) is 26.0 Å². The molecule has 7 heteroatoms. The Balaban J connectivity index is 2.21. The van der Waals surface area contributed by atoms with Crippen molar-refractivity contribution in [1.82, 2.24) is 9.97 Å². The number of furan rings is 1. The average Bonchev–Trinajstić information content (AvgIpc) is 2.85. The van der Waals surface area contributed by atoms with Gasteiger partial charge in [-0.3, -0.25) is 4.79 Å². The highest BCUT2D eigenvalue weighted by Crippen LogP contribution is 2.40. The van der Waals surface area contributed by atoms with Crippen LogP contribution in [0.4, 0.5) is 11.7 Å². The van der Waals surface area contributed by atoms with Gasteiger partial charge in [0.25, 0.3) is 5.91 Å². The molecule has 1 aliphatic rings. The Morgan fingerprint density at radius 1 is 1.42 bits per heavy atom. The Morgan fingerprint density at radius 2 is 2.21 bits per heavy atom. The van der Waals surface area contributed by atoms with Gasteiger partial charge in [0, 0.05) is 6.07 Å². The van der Waals surface area contributed by atoms with E-state index in [0.717, 1.165) is 0 Å². The van der Waals surface area contributed by atoms with Gasteiger partial charge in [-0.05, 0) is 31.5 Å². The first-order valence-electron chi connectivity index (χ1n) is 5.59. The highest BCUT2D eigenvalue weighted by molar-refractivity contribution is 6.28. The van der Waals surface area contributed by atoms with Crippen LogP contribution in [0.15, 0.2) is 29.0 Å². The minimum atomic E-state index is -1.03. The van der Waals surface area contributed by atoms with Crippen molar-refractivity contribution in [1.29, 1.82) is 0 Å². The topological polar surface area (TPSA) is 68.5 Å². The third kappa shape index (κ3) is 1.84. The second-order valence-electron chi connectivity index (χ2n) is 4.53. The number of carbonyl (C=O) groups is 1. The predicted molar refractivity (Wildman–Crippen MR) is 67.6 cm³/mol. The summed E-state index contributed by atoms with van der Waals surface area (Å²) in [6.45, 7) is 3.34. The molecule has 2 aromatic heterocycles. The molecule has 3 heterocycles. The van der Waals surface area contributed by atoms with Crippen LogP contribution in [-0.4, -0.2) is 21.5 Å². The second-order valence-corrected chi connectivity index (χ2v) is 4.87. The van der Waals surface area contributed by atoms with Gasteiger partial charge in [0.05, 0.1) is 12.5 Å². The van der Waals surface area contributed by atoms with Gasteiger partial charge in [0.1, 0.15) is 0 Å². The maximum Gasteiger partial charge on any atom is 0.278 e. The molecule has 0 fully saturated rings. The zero-order chi connectivity index (χ0) is 13.6. The fourth-order valence-electron chi connectivity index (χ4n) is 1.86. The zero-order valence-corrected chi connectivity index (χ0v) is 11.0. The molecule has 2 aromatic rings. The fourth-order valence-corrected chi connectivity index (χ4v) is 1.99. The highest BCUT2D eigenvalue weighted by atomic mass is 35.5. The minimum Gasteiger partial charge on any atom is -0.472 e. The van der Waals surface area contributed by atoms with Crippen molar-refractivity contribution in [3.05, 3.63) is 29.9 Å². The third-order valence-corrected chi connectivity index (χ3v) is 2.91. The number of aromatic nitrogens is 2. The van der Waals surface area contributed by atoms with Crippen LogP contribution in [0.3, 0.4) is 0 Å². The number of hydrogen-bond acceptors (Lipinski definition) is 5. The smallest absolute Gasteiger partial charge is 0.278 e. The van der Waals surface area contributed by atoms with Gasteiger partial charge in [-0.2, -0.15) is 4.98 Å². The standard InChI is InChI=1S/C12H10ClN3O3/c1-12(2)10(17)16(8-4-3-5-18-8)9-7(19-12)6-14-11(13)15-9/h3-6H,1-2H3. The lowest BCUT2D eigenvalue weighted by Crippen LogP contribution is -2.50. The lowest BCUT2D eigenvalue weighted by molar-refractivity contribution is -0.132. The van der Waals surface area contributed by atoms with Crippen molar-refractivity contribution in [3.63, 3.8) is 0 Å². The Hall–Kier alpha value is -2.08. The molecule has 0 spiro atoms. The van der Waals surface area contributed by atoms with Crippen LogP contribution in [0.25, 0.3) is 0 Å². The summed E-state index contributed by atoms with van der Waals surface area (Å²) < 4.78 is 10.9. The quantitative estimate of drug-likeness (QED) is 0.751. The number of carbonyl (C=O) groups excluding carboxylic acids is 1. The third-order valence-electron chi connectivity index (χ3n) is 2.73. The van der Waals surface area contributed by atoms with E-state index in [1.165, 1.54) is 17.4 Å². The van der Waals surface area contributed by atoms with Gasteiger partial charge in [0.2, 0.25) is 11.2 Å². The Labute approximate surface area is 114 Å². The molecule has 0 radical (unpaired) electrons. The molecule has 0 bridgehead atoms. The minimum absolute atomic E-state index is 0.0337. The fraction of sp³-hybridized carbons (Fsp3) is 0.250. The van der Waals surface area contributed by atoms with Crippen molar-refractivity contribution < 1.29 is 13.9 Å². The van der Waals surface area contributed by atoms with E-state index < -0.39 is 5.60 Å². The lowest BCUT2D eigenvalue weighted by atomic mass is 10.1. The molecule has 6 nitrogen and oxygen atoms in total. The summed E-state index contributed by atoms with van der Waals surface area (Å²) in [4.78, 5) is 21.7. The molecule has 0 saturated carbocycles. The number of nitrogens with zero attached hydrogens (tertiary/aromatic N) is 3.